The largest absolute Gasteiger partial charge is 0.478 e. The number of benzene rings is 3. The molecule has 150 valence electrons. The Bertz CT molecular complexity index is 1320. The van der Waals surface area contributed by atoms with Gasteiger partial charge in [0, 0.05) is 38.1 Å². The average Bonchev–Trinajstić information content (AvgIpc) is 2.79. The Labute approximate surface area is 172 Å². The van der Waals surface area contributed by atoms with Gasteiger partial charge in [-0.1, -0.05) is 24.3 Å². The molecule has 0 bridgehead atoms. The molecule has 0 radical (unpaired) electrons. The van der Waals surface area contributed by atoms with Gasteiger partial charge >= 0.3 is 5.97 Å². The number of aromatic nitrogens is 1. The fourth-order valence-corrected chi connectivity index (χ4v) is 4.26. The zero-order chi connectivity index (χ0) is 20.7. The lowest BCUT2D eigenvalue weighted by Crippen LogP contribution is -2.43. The molecule has 0 amide bonds. The van der Waals surface area contributed by atoms with Gasteiger partial charge in [-0.15, -0.1) is 0 Å². The van der Waals surface area contributed by atoms with Crippen molar-refractivity contribution in [1.29, 1.82) is 0 Å². The van der Waals surface area contributed by atoms with E-state index < -0.39 is 5.97 Å². The number of pyridine rings is 1. The summed E-state index contributed by atoms with van der Waals surface area (Å²) in [6, 6.07) is 17.3. The van der Waals surface area contributed by atoms with E-state index in [1.165, 1.54) is 5.69 Å². The van der Waals surface area contributed by atoms with Crippen molar-refractivity contribution in [2.75, 3.05) is 31.1 Å². The van der Waals surface area contributed by atoms with Gasteiger partial charge in [-0.3, -0.25) is 4.79 Å². The summed E-state index contributed by atoms with van der Waals surface area (Å²) >= 11 is 0. The number of hydrogen-bond donors (Lipinski definition) is 3. The number of fused-ring (bicyclic) bond motifs is 3. The minimum absolute atomic E-state index is 0.198. The first-order chi connectivity index (χ1) is 14.6. The van der Waals surface area contributed by atoms with E-state index in [9.17, 15) is 14.7 Å². The van der Waals surface area contributed by atoms with Gasteiger partial charge in [0.2, 0.25) is 0 Å². The molecule has 5 rings (SSSR count). The van der Waals surface area contributed by atoms with Crippen LogP contribution in [0.1, 0.15) is 10.4 Å². The second-order valence-corrected chi connectivity index (χ2v) is 7.54. The van der Waals surface area contributed by atoms with E-state index in [4.69, 9.17) is 0 Å². The van der Waals surface area contributed by atoms with Gasteiger partial charge in [0.25, 0.3) is 5.56 Å². The monoisotopic (exact) mass is 399 g/mol. The number of nitrogens with one attached hydrogen (secondary N) is 2. The smallest absolute Gasteiger partial charge is 0.336 e. The lowest BCUT2D eigenvalue weighted by Gasteiger charge is -2.29. The Morgan fingerprint density at radius 3 is 2.37 bits per heavy atom. The molecule has 0 spiro atoms. The third-order valence-corrected chi connectivity index (χ3v) is 5.79. The lowest BCUT2D eigenvalue weighted by molar-refractivity contribution is 0.0699. The number of carboxylic acid groups (broad SMARTS) is 1. The minimum atomic E-state index is -1.00. The van der Waals surface area contributed by atoms with Crippen LogP contribution in [0.2, 0.25) is 0 Å². The number of piperazine rings is 1. The number of anilines is 1. The summed E-state index contributed by atoms with van der Waals surface area (Å²) < 4.78 is 0. The SMILES string of the molecule is O=C(O)c1cc2cc[nH]c(=O)c2c2cc(-c3ccc(N4CCNCC4)cc3)ccc12. The number of hydrogen-bond acceptors (Lipinski definition) is 4. The molecule has 1 aromatic heterocycles. The van der Waals surface area contributed by atoms with E-state index in [1.807, 2.05) is 12.1 Å². The number of rotatable bonds is 3. The first-order valence-corrected chi connectivity index (χ1v) is 9.99. The predicted molar refractivity (Wildman–Crippen MR) is 120 cm³/mol. The van der Waals surface area contributed by atoms with Crippen LogP contribution in [0, 0.1) is 0 Å². The number of aromatic carboxylic acids is 1. The van der Waals surface area contributed by atoms with Crippen molar-refractivity contribution in [2.24, 2.45) is 0 Å². The zero-order valence-electron chi connectivity index (χ0n) is 16.3. The van der Waals surface area contributed by atoms with Crippen LogP contribution >= 0.6 is 0 Å². The number of carboxylic acids is 1. The molecular formula is C24H21N3O3. The number of nitrogens with zero attached hydrogens (tertiary/aromatic N) is 1. The van der Waals surface area contributed by atoms with Gasteiger partial charge in [0.15, 0.2) is 0 Å². The molecule has 3 N–H and O–H groups in total. The molecule has 1 aliphatic heterocycles. The number of aromatic amines is 1. The van der Waals surface area contributed by atoms with Gasteiger partial charge in [0.1, 0.15) is 0 Å². The summed E-state index contributed by atoms with van der Waals surface area (Å²) in [4.78, 5) is 29.4. The summed E-state index contributed by atoms with van der Waals surface area (Å²) in [5.74, 6) is -1.00. The van der Waals surface area contributed by atoms with E-state index in [2.05, 4.69) is 39.5 Å². The van der Waals surface area contributed by atoms with Crippen molar-refractivity contribution in [3.63, 3.8) is 0 Å². The summed E-state index contributed by atoms with van der Waals surface area (Å²) in [5, 5.41) is 15.4. The molecule has 0 saturated carbocycles. The first kappa shape index (κ1) is 18.4. The van der Waals surface area contributed by atoms with E-state index in [1.54, 1.807) is 24.4 Å². The highest BCUT2D eigenvalue weighted by Gasteiger charge is 2.15. The first-order valence-electron chi connectivity index (χ1n) is 9.99. The maximum atomic E-state index is 12.5. The number of carbonyl (C=O) groups is 1. The third-order valence-electron chi connectivity index (χ3n) is 5.79. The van der Waals surface area contributed by atoms with Crippen LogP contribution in [0.3, 0.4) is 0 Å². The van der Waals surface area contributed by atoms with Crippen LogP contribution < -0.4 is 15.8 Å². The highest BCUT2D eigenvalue weighted by molar-refractivity contribution is 6.16. The lowest BCUT2D eigenvalue weighted by atomic mass is 9.94. The Hall–Kier alpha value is -3.64. The Balaban J connectivity index is 1.65. The molecule has 1 fully saturated rings. The average molecular weight is 399 g/mol. The fraction of sp³-hybridized carbons (Fsp3) is 0.167. The molecule has 1 saturated heterocycles. The molecular weight excluding hydrogens is 378 g/mol. The van der Waals surface area contributed by atoms with Crippen LogP contribution in [-0.2, 0) is 0 Å². The highest BCUT2D eigenvalue weighted by atomic mass is 16.4. The predicted octanol–water partition coefficient (Wildman–Crippen LogP) is 3.46. The summed E-state index contributed by atoms with van der Waals surface area (Å²) in [7, 11) is 0. The second-order valence-electron chi connectivity index (χ2n) is 7.54. The Kier molecular flexibility index (Phi) is 4.48. The van der Waals surface area contributed by atoms with E-state index in [0.717, 1.165) is 37.3 Å². The molecule has 6 nitrogen and oxygen atoms in total. The number of H-pyrrole nitrogens is 1. The molecule has 2 heterocycles. The highest BCUT2D eigenvalue weighted by Crippen LogP contribution is 2.32. The van der Waals surface area contributed by atoms with E-state index in [0.29, 0.717) is 21.5 Å². The maximum Gasteiger partial charge on any atom is 0.336 e. The molecule has 0 atom stereocenters. The molecule has 0 aliphatic carbocycles. The van der Waals surface area contributed by atoms with E-state index >= 15 is 0 Å². The van der Waals surface area contributed by atoms with Crippen LogP contribution in [0.4, 0.5) is 5.69 Å². The van der Waals surface area contributed by atoms with Gasteiger partial charge < -0.3 is 20.3 Å². The van der Waals surface area contributed by atoms with Crippen molar-refractivity contribution >= 4 is 33.2 Å². The van der Waals surface area contributed by atoms with Crippen molar-refractivity contribution in [3.8, 4) is 11.1 Å². The third kappa shape index (κ3) is 3.11. The van der Waals surface area contributed by atoms with Crippen LogP contribution in [-0.4, -0.2) is 42.2 Å². The van der Waals surface area contributed by atoms with E-state index in [-0.39, 0.29) is 11.1 Å². The van der Waals surface area contributed by atoms with Crippen molar-refractivity contribution in [1.82, 2.24) is 10.3 Å². The zero-order valence-corrected chi connectivity index (χ0v) is 16.3. The van der Waals surface area contributed by atoms with Gasteiger partial charge in [-0.05, 0) is 57.6 Å². The minimum Gasteiger partial charge on any atom is -0.478 e. The van der Waals surface area contributed by atoms with Crippen molar-refractivity contribution in [3.05, 3.63) is 76.7 Å². The molecule has 30 heavy (non-hydrogen) atoms. The van der Waals surface area contributed by atoms with Crippen LogP contribution in [0.15, 0.2) is 65.6 Å². The fourth-order valence-electron chi connectivity index (χ4n) is 4.26. The second kappa shape index (κ2) is 7.31. The molecule has 0 unspecified atom stereocenters. The molecule has 6 heteroatoms. The summed E-state index contributed by atoms with van der Waals surface area (Å²) in [6.07, 6.45) is 1.54. The normalized spacial score (nSPS) is 14.3. The van der Waals surface area contributed by atoms with Gasteiger partial charge in [-0.2, -0.15) is 0 Å². The van der Waals surface area contributed by atoms with Crippen LogP contribution in [0.5, 0.6) is 0 Å². The maximum absolute atomic E-state index is 12.5. The van der Waals surface area contributed by atoms with Gasteiger partial charge in [-0.25, -0.2) is 4.79 Å². The van der Waals surface area contributed by atoms with Gasteiger partial charge in [0.05, 0.1) is 10.9 Å². The molecule has 1 aliphatic rings. The van der Waals surface area contributed by atoms with Crippen LogP contribution in [0.25, 0.3) is 32.7 Å². The summed E-state index contributed by atoms with van der Waals surface area (Å²) in [5.41, 5.74) is 3.14. The Morgan fingerprint density at radius 1 is 0.900 bits per heavy atom. The quantitative estimate of drug-likeness (QED) is 0.460. The van der Waals surface area contributed by atoms with Crippen molar-refractivity contribution in [2.45, 2.75) is 0 Å². The molecule has 4 aromatic rings. The molecule has 3 aromatic carbocycles. The standard InChI is InChI=1S/C24H21N3O3/c28-23-22-17(7-8-26-23)14-21(24(29)30)19-6-3-16(13-20(19)22)15-1-4-18(5-2-15)27-11-9-25-10-12-27/h1-8,13-14,25H,9-12H2,(H,26,28)(H,29,30). The summed E-state index contributed by atoms with van der Waals surface area (Å²) in [6.45, 7) is 3.95. The van der Waals surface area contributed by atoms with Crippen molar-refractivity contribution < 1.29 is 9.90 Å². The Morgan fingerprint density at radius 2 is 1.63 bits per heavy atom. The topological polar surface area (TPSA) is 85.4 Å².